The molecule has 1 heterocycles. The van der Waals surface area contributed by atoms with E-state index < -0.39 is 18.1 Å². The Labute approximate surface area is 136 Å². The van der Waals surface area contributed by atoms with Crippen LogP contribution >= 0.6 is 0 Å². The summed E-state index contributed by atoms with van der Waals surface area (Å²) >= 11 is 0. The zero-order valence-electron chi connectivity index (χ0n) is 13.4. The first-order valence-electron chi connectivity index (χ1n) is 8.34. The number of hydrogen-bond acceptors (Lipinski definition) is 3. The van der Waals surface area contributed by atoms with Crippen molar-refractivity contribution in [1.82, 2.24) is 4.90 Å². The molecular formula is C18H23NO4. The fourth-order valence-electron chi connectivity index (χ4n) is 3.96. The van der Waals surface area contributed by atoms with Gasteiger partial charge in [0.05, 0.1) is 0 Å². The van der Waals surface area contributed by atoms with Gasteiger partial charge in [-0.2, -0.15) is 0 Å². The number of fused-ring (bicyclic) bond motifs is 1. The number of para-hydroxylation sites is 1. The molecule has 3 rings (SSSR count). The van der Waals surface area contributed by atoms with E-state index in [0.717, 1.165) is 25.7 Å². The van der Waals surface area contributed by atoms with Gasteiger partial charge >= 0.3 is 5.97 Å². The van der Waals surface area contributed by atoms with Gasteiger partial charge in [0, 0.05) is 6.04 Å². The van der Waals surface area contributed by atoms with E-state index in [0.29, 0.717) is 18.1 Å². The van der Waals surface area contributed by atoms with Gasteiger partial charge in [-0.05, 0) is 44.2 Å². The number of benzene rings is 1. The number of carbonyl (C=O) groups is 2. The Morgan fingerprint density at radius 1 is 1.22 bits per heavy atom. The Balaban J connectivity index is 1.76. The molecule has 1 aromatic carbocycles. The lowest BCUT2D eigenvalue weighted by Crippen LogP contribution is -2.50. The zero-order valence-corrected chi connectivity index (χ0v) is 13.4. The summed E-state index contributed by atoms with van der Waals surface area (Å²) in [6, 6.07) is 8.51. The first kappa shape index (κ1) is 15.8. The summed E-state index contributed by atoms with van der Waals surface area (Å²) in [5, 5.41) is 9.52. The van der Waals surface area contributed by atoms with Crippen molar-refractivity contribution in [3.63, 3.8) is 0 Å². The Hall–Kier alpha value is -2.04. The SMILES string of the molecule is CC(Oc1ccccc1)C(=O)N1C(C(=O)O)CC2CCCCC21. The molecule has 5 heteroatoms. The van der Waals surface area contributed by atoms with Gasteiger partial charge in [-0.15, -0.1) is 0 Å². The zero-order chi connectivity index (χ0) is 16.4. The molecule has 1 aliphatic carbocycles. The Bertz CT molecular complexity index is 574. The minimum atomic E-state index is -0.903. The highest BCUT2D eigenvalue weighted by Gasteiger charge is 2.48. The number of carboxylic acids is 1. The van der Waals surface area contributed by atoms with Crippen LogP contribution in [-0.4, -0.2) is 40.1 Å². The summed E-state index contributed by atoms with van der Waals surface area (Å²) in [5.74, 6) is -0.173. The van der Waals surface area contributed by atoms with E-state index in [9.17, 15) is 14.7 Å². The quantitative estimate of drug-likeness (QED) is 0.927. The van der Waals surface area contributed by atoms with Crippen LogP contribution in [0.1, 0.15) is 39.0 Å². The fourth-order valence-corrected chi connectivity index (χ4v) is 3.96. The van der Waals surface area contributed by atoms with Crippen LogP contribution in [0.25, 0.3) is 0 Å². The molecule has 1 amide bonds. The summed E-state index contributed by atoms with van der Waals surface area (Å²) in [6.07, 6.45) is 4.00. The maximum absolute atomic E-state index is 12.9. The van der Waals surface area contributed by atoms with Gasteiger partial charge in [0.25, 0.3) is 5.91 Å². The minimum Gasteiger partial charge on any atom is -0.481 e. The summed E-state index contributed by atoms with van der Waals surface area (Å²) in [7, 11) is 0. The van der Waals surface area contributed by atoms with Gasteiger partial charge in [-0.3, -0.25) is 4.79 Å². The van der Waals surface area contributed by atoms with Crippen molar-refractivity contribution in [3.05, 3.63) is 30.3 Å². The van der Waals surface area contributed by atoms with Gasteiger partial charge in [-0.1, -0.05) is 31.0 Å². The highest BCUT2D eigenvalue weighted by Crippen LogP contribution is 2.40. The summed E-state index contributed by atoms with van der Waals surface area (Å²) in [6.45, 7) is 1.70. The molecule has 0 bridgehead atoms. The third-order valence-corrected chi connectivity index (χ3v) is 5.03. The normalized spacial score (nSPS) is 28.0. The molecule has 4 atom stereocenters. The van der Waals surface area contributed by atoms with Crippen molar-refractivity contribution in [3.8, 4) is 5.75 Å². The van der Waals surface area contributed by atoms with Crippen molar-refractivity contribution < 1.29 is 19.4 Å². The van der Waals surface area contributed by atoms with Crippen LogP contribution < -0.4 is 4.74 Å². The van der Waals surface area contributed by atoms with Crippen molar-refractivity contribution in [1.29, 1.82) is 0 Å². The van der Waals surface area contributed by atoms with Crippen LogP contribution in [0.15, 0.2) is 30.3 Å². The van der Waals surface area contributed by atoms with Crippen molar-refractivity contribution in [2.24, 2.45) is 5.92 Å². The summed E-state index contributed by atoms with van der Waals surface area (Å²) < 4.78 is 5.71. The molecule has 1 aromatic rings. The third kappa shape index (κ3) is 3.19. The van der Waals surface area contributed by atoms with Crippen LogP contribution in [-0.2, 0) is 9.59 Å². The first-order chi connectivity index (χ1) is 11.1. The predicted molar refractivity (Wildman–Crippen MR) is 85.2 cm³/mol. The van der Waals surface area contributed by atoms with Gasteiger partial charge in [0.2, 0.25) is 0 Å². The minimum absolute atomic E-state index is 0.0548. The number of rotatable bonds is 4. The van der Waals surface area contributed by atoms with E-state index in [-0.39, 0.29) is 11.9 Å². The van der Waals surface area contributed by atoms with Crippen molar-refractivity contribution >= 4 is 11.9 Å². The first-order valence-corrected chi connectivity index (χ1v) is 8.34. The van der Waals surface area contributed by atoms with Gasteiger partial charge in [-0.25, -0.2) is 4.79 Å². The van der Waals surface area contributed by atoms with Crippen LogP contribution in [0.5, 0.6) is 5.75 Å². The van der Waals surface area contributed by atoms with Gasteiger partial charge < -0.3 is 14.7 Å². The molecule has 1 aliphatic heterocycles. The van der Waals surface area contributed by atoms with E-state index in [2.05, 4.69) is 0 Å². The van der Waals surface area contributed by atoms with Crippen LogP contribution in [0.3, 0.4) is 0 Å². The lowest BCUT2D eigenvalue weighted by Gasteiger charge is -2.34. The van der Waals surface area contributed by atoms with E-state index in [4.69, 9.17) is 4.74 Å². The van der Waals surface area contributed by atoms with E-state index in [1.165, 1.54) is 0 Å². The number of likely N-dealkylation sites (tertiary alicyclic amines) is 1. The molecule has 2 aliphatic rings. The van der Waals surface area contributed by atoms with Gasteiger partial charge in [0.15, 0.2) is 6.10 Å². The number of hydrogen-bond donors (Lipinski definition) is 1. The van der Waals surface area contributed by atoms with E-state index in [1.807, 2.05) is 18.2 Å². The number of nitrogens with zero attached hydrogens (tertiary/aromatic N) is 1. The van der Waals surface area contributed by atoms with Crippen molar-refractivity contribution in [2.75, 3.05) is 0 Å². The highest BCUT2D eigenvalue weighted by molar-refractivity contribution is 5.87. The number of carboxylic acid groups (broad SMARTS) is 1. The molecule has 1 saturated heterocycles. The molecule has 2 fully saturated rings. The monoisotopic (exact) mass is 317 g/mol. The van der Waals surface area contributed by atoms with E-state index in [1.54, 1.807) is 24.0 Å². The second-order valence-corrected chi connectivity index (χ2v) is 6.52. The Morgan fingerprint density at radius 2 is 1.91 bits per heavy atom. The Kier molecular flexibility index (Phi) is 4.55. The molecule has 4 unspecified atom stereocenters. The number of carbonyl (C=O) groups excluding carboxylic acids is 1. The van der Waals surface area contributed by atoms with Crippen LogP contribution in [0.4, 0.5) is 0 Å². The predicted octanol–water partition coefficient (Wildman–Crippen LogP) is 2.70. The topological polar surface area (TPSA) is 66.8 Å². The standard InChI is InChI=1S/C18H23NO4/c1-12(23-14-8-3-2-4-9-14)17(20)19-15-10-6-5-7-13(15)11-16(19)18(21)22/h2-4,8-9,12-13,15-16H,5-7,10-11H2,1H3,(H,21,22). The number of amides is 1. The fraction of sp³-hybridized carbons (Fsp3) is 0.556. The number of ether oxygens (including phenoxy) is 1. The van der Waals surface area contributed by atoms with Crippen LogP contribution in [0.2, 0.25) is 0 Å². The maximum atomic E-state index is 12.9. The largest absolute Gasteiger partial charge is 0.481 e. The van der Waals surface area contributed by atoms with Gasteiger partial charge in [0.1, 0.15) is 11.8 Å². The molecule has 0 spiro atoms. The Morgan fingerprint density at radius 3 is 2.61 bits per heavy atom. The second-order valence-electron chi connectivity index (χ2n) is 6.52. The molecule has 124 valence electrons. The van der Waals surface area contributed by atoms with Crippen LogP contribution in [0, 0.1) is 5.92 Å². The summed E-state index contributed by atoms with van der Waals surface area (Å²) in [5.41, 5.74) is 0. The highest BCUT2D eigenvalue weighted by atomic mass is 16.5. The maximum Gasteiger partial charge on any atom is 0.326 e. The summed E-state index contributed by atoms with van der Waals surface area (Å²) in [4.78, 5) is 26.1. The molecule has 1 N–H and O–H groups in total. The smallest absolute Gasteiger partial charge is 0.326 e. The molecule has 5 nitrogen and oxygen atoms in total. The second kappa shape index (κ2) is 6.60. The van der Waals surface area contributed by atoms with Crippen molar-refractivity contribution in [2.45, 2.75) is 57.2 Å². The third-order valence-electron chi connectivity index (χ3n) is 5.03. The molecule has 1 saturated carbocycles. The molecular weight excluding hydrogens is 294 g/mol. The molecule has 0 radical (unpaired) electrons. The molecule has 0 aromatic heterocycles. The lowest BCUT2D eigenvalue weighted by molar-refractivity contribution is -0.153. The average molecular weight is 317 g/mol. The number of aliphatic carboxylic acids is 1. The van der Waals surface area contributed by atoms with E-state index >= 15 is 0 Å². The average Bonchev–Trinajstić information content (AvgIpc) is 2.94. The molecule has 23 heavy (non-hydrogen) atoms. The lowest BCUT2D eigenvalue weighted by atomic mass is 9.84.